The van der Waals surface area contributed by atoms with E-state index < -0.39 is 23.4 Å². The first-order chi connectivity index (χ1) is 14.3. The Morgan fingerprint density at radius 3 is 2.00 bits per heavy atom. The number of halogens is 5. The Morgan fingerprint density at radius 2 is 1.37 bits per heavy atom. The quantitative estimate of drug-likeness (QED) is 0.299. The molecule has 0 heterocycles. The van der Waals surface area contributed by atoms with E-state index in [1.54, 1.807) is 18.2 Å². The van der Waals surface area contributed by atoms with Crippen LogP contribution in [-0.2, 0) is 12.6 Å². The maximum Gasteiger partial charge on any atom is 0.419 e. The smallest absolute Gasteiger partial charge is 0.206 e. The summed E-state index contributed by atoms with van der Waals surface area (Å²) in [4.78, 5) is 0. The van der Waals surface area contributed by atoms with Crippen molar-refractivity contribution in [2.75, 3.05) is 0 Å². The predicted molar refractivity (Wildman–Crippen MR) is 109 cm³/mol. The van der Waals surface area contributed by atoms with E-state index in [-0.39, 0.29) is 11.1 Å². The second-order valence-corrected chi connectivity index (χ2v) is 7.11. The third kappa shape index (κ3) is 3.67. The monoisotopic (exact) mass is 412 g/mol. The number of hydrogen-bond acceptors (Lipinski definition) is 0. The molecule has 0 N–H and O–H groups in total. The summed E-state index contributed by atoms with van der Waals surface area (Å²) in [7, 11) is 0. The largest absolute Gasteiger partial charge is 0.419 e. The summed E-state index contributed by atoms with van der Waals surface area (Å²) in [6, 6.07) is 19.0. The molecule has 5 heteroatoms. The van der Waals surface area contributed by atoms with Crippen LogP contribution >= 0.6 is 0 Å². The van der Waals surface area contributed by atoms with Crippen molar-refractivity contribution in [2.45, 2.75) is 19.5 Å². The van der Waals surface area contributed by atoms with E-state index in [0.717, 1.165) is 29.7 Å². The molecule has 0 fully saturated rings. The Morgan fingerprint density at radius 1 is 0.700 bits per heavy atom. The Labute approximate surface area is 170 Å². The van der Waals surface area contributed by atoms with Crippen molar-refractivity contribution >= 4 is 10.8 Å². The van der Waals surface area contributed by atoms with Gasteiger partial charge in [-0.2, -0.15) is 13.2 Å². The molecule has 0 nitrogen and oxygen atoms in total. The molecule has 0 atom stereocenters. The van der Waals surface area contributed by atoms with Crippen LogP contribution < -0.4 is 0 Å². The van der Waals surface area contributed by atoms with Crippen LogP contribution in [0.25, 0.3) is 33.0 Å². The highest BCUT2D eigenvalue weighted by molar-refractivity contribution is 5.91. The molecule has 0 aromatic heterocycles. The molecule has 30 heavy (non-hydrogen) atoms. The van der Waals surface area contributed by atoms with Gasteiger partial charge >= 0.3 is 6.18 Å². The summed E-state index contributed by atoms with van der Waals surface area (Å²) in [6.07, 6.45) is -3.85. The van der Waals surface area contributed by atoms with E-state index in [4.69, 9.17) is 0 Å². The summed E-state index contributed by atoms with van der Waals surface area (Å²) < 4.78 is 67.4. The fourth-order valence-electron chi connectivity index (χ4n) is 3.54. The van der Waals surface area contributed by atoms with Crippen molar-refractivity contribution in [1.29, 1.82) is 0 Å². The van der Waals surface area contributed by atoms with E-state index in [2.05, 4.69) is 6.92 Å². The van der Waals surface area contributed by atoms with Gasteiger partial charge < -0.3 is 0 Å². The van der Waals surface area contributed by atoms with Gasteiger partial charge in [0.25, 0.3) is 0 Å². The number of benzene rings is 4. The van der Waals surface area contributed by atoms with Crippen molar-refractivity contribution in [1.82, 2.24) is 0 Å². The lowest BCUT2D eigenvalue weighted by atomic mass is 9.96. The highest BCUT2D eigenvalue weighted by Crippen LogP contribution is 2.36. The van der Waals surface area contributed by atoms with Gasteiger partial charge in [-0.25, -0.2) is 8.78 Å². The number of fused-ring (bicyclic) bond motifs is 1. The first kappa shape index (κ1) is 20.1. The average molecular weight is 412 g/mol. The fraction of sp³-hybridized carbons (Fsp3) is 0.120. The number of aryl methyl sites for hydroxylation is 1. The first-order valence-corrected chi connectivity index (χ1v) is 9.46. The van der Waals surface area contributed by atoms with Gasteiger partial charge in [0.05, 0.1) is 5.56 Å². The Balaban J connectivity index is 1.75. The van der Waals surface area contributed by atoms with Crippen LogP contribution in [0.1, 0.15) is 18.1 Å². The maximum absolute atomic E-state index is 15.1. The summed E-state index contributed by atoms with van der Waals surface area (Å²) in [5, 5.41) is 0.974. The van der Waals surface area contributed by atoms with Crippen LogP contribution in [0.4, 0.5) is 22.0 Å². The average Bonchev–Trinajstić information content (AvgIpc) is 2.73. The minimum atomic E-state index is -4.80. The Kier molecular flexibility index (Phi) is 5.06. The van der Waals surface area contributed by atoms with Crippen molar-refractivity contribution in [3.8, 4) is 22.3 Å². The first-order valence-electron chi connectivity index (χ1n) is 9.46. The lowest BCUT2D eigenvalue weighted by molar-refractivity contribution is -0.139. The van der Waals surface area contributed by atoms with Crippen molar-refractivity contribution < 1.29 is 22.0 Å². The second-order valence-electron chi connectivity index (χ2n) is 7.11. The van der Waals surface area contributed by atoms with Gasteiger partial charge in [0.1, 0.15) is 11.6 Å². The molecular weight excluding hydrogens is 395 g/mol. The summed E-state index contributed by atoms with van der Waals surface area (Å²) in [5.41, 5.74) is 1.89. The van der Waals surface area contributed by atoms with Gasteiger partial charge in [-0.1, -0.05) is 61.5 Å². The zero-order chi connectivity index (χ0) is 21.5. The molecule has 0 amide bonds. The zero-order valence-electron chi connectivity index (χ0n) is 16.0. The molecule has 4 rings (SSSR count). The standard InChI is InChI=1S/C25H17F5/c1-2-15-3-5-16(6-4-15)17-7-10-20-18(13-17)8-11-21(24(20)27)19-9-12-22(23(26)14-19)25(28,29)30/h3-14H,2H2,1H3. The van der Waals surface area contributed by atoms with Crippen molar-refractivity contribution in [3.63, 3.8) is 0 Å². The molecule has 4 aromatic carbocycles. The molecule has 0 spiro atoms. The van der Waals surface area contributed by atoms with Gasteiger partial charge in [0.15, 0.2) is 0 Å². The van der Waals surface area contributed by atoms with E-state index in [0.29, 0.717) is 16.8 Å². The van der Waals surface area contributed by atoms with Gasteiger partial charge in [0, 0.05) is 10.9 Å². The van der Waals surface area contributed by atoms with E-state index in [9.17, 15) is 17.6 Å². The molecular formula is C25H17F5. The molecule has 0 radical (unpaired) electrons. The van der Waals surface area contributed by atoms with Crippen LogP contribution in [0, 0.1) is 11.6 Å². The second kappa shape index (κ2) is 7.56. The maximum atomic E-state index is 15.1. The fourth-order valence-corrected chi connectivity index (χ4v) is 3.54. The molecule has 0 aliphatic rings. The van der Waals surface area contributed by atoms with Crippen LogP contribution in [0.2, 0.25) is 0 Å². The lowest BCUT2D eigenvalue weighted by Crippen LogP contribution is -2.07. The zero-order valence-corrected chi connectivity index (χ0v) is 16.0. The number of alkyl halides is 3. The van der Waals surface area contributed by atoms with Crippen LogP contribution in [0.15, 0.2) is 72.8 Å². The van der Waals surface area contributed by atoms with E-state index >= 15 is 4.39 Å². The van der Waals surface area contributed by atoms with Gasteiger partial charge in [0.2, 0.25) is 0 Å². The predicted octanol–water partition coefficient (Wildman–Crippen LogP) is 8.03. The highest BCUT2D eigenvalue weighted by Gasteiger charge is 2.34. The Hall–Kier alpha value is -3.21. The van der Waals surface area contributed by atoms with Crippen LogP contribution in [-0.4, -0.2) is 0 Å². The molecule has 4 aromatic rings. The normalized spacial score (nSPS) is 11.8. The molecule has 0 bridgehead atoms. The van der Waals surface area contributed by atoms with E-state index in [1.165, 1.54) is 11.6 Å². The number of rotatable bonds is 3. The van der Waals surface area contributed by atoms with Crippen LogP contribution in [0.5, 0.6) is 0 Å². The van der Waals surface area contributed by atoms with Gasteiger partial charge in [-0.15, -0.1) is 0 Å². The lowest BCUT2D eigenvalue weighted by Gasteiger charge is -2.12. The van der Waals surface area contributed by atoms with Crippen molar-refractivity contribution in [3.05, 3.63) is 95.6 Å². The third-order valence-electron chi connectivity index (χ3n) is 5.24. The molecule has 0 aliphatic carbocycles. The van der Waals surface area contributed by atoms with Crippen molar-refractivity contribution in [2.24, 2.45) is 0 Å². The van der Waals surface area contributed by atoms with Gasteiger partial charge in [-0.3, -0.25) is 0 Å². The van der Waals surface area contributed by atoms with E-state index in [1.807, 2.05) is 30.3 Å². The molecule has 152 valence electrons. The number of hydrogen-bond donors (Lipinski definition) is 0. The molecule has 0 aliphatic heterocycles. The minimum Gasteiger partial charge on any atom is -0.206 e. The van der Waals surface area contributed by atoms with Gasteiger partial charge in [-0.05, 0) is 52.3 Å². The molecule has 0 saturated heterocycles. The summed E-state index contributed by atoms with van der Waals surface area (Å²) in [6.45, 7) is 2.08. The third-order valence-corrected chi connectivity index (χ3v) is 5.24. The molecule has 0 unspecified atom stereocenters. The Bertz CT molecular complexity index is 1220. The SMILES string of the molecule is CCc1ccc(-c2ccc3c(F)c(-c4ccc(C(F)(F)F)c(F)c4)ccc3c2)cc1. The van der Waals surface area contributed by atoms with Crippen LogP contribution in [0.3, 0.4) is 0 Å². The highest BCUT2D eigenvalue weighted by atomic mass is 19.4. The summed E-state index contributed by atoms with van der Waals surface area (Å²) >= 11 is 0. The minimum absolute atomic E-state index is 0.0511. The topological polar surface area (TPSA) is 0 Å². The molecule has 0 saturated carbocycles. The summed E-state index contributed by atoms with van der Waals surface area (Å²) in [5.74, 6) is -2.02.